The van der Waals surface area contributed by atoms with Gasteiger partial charge in [0.05, 0.1) is 43.5 Å². The first-order valence-corrected chi connectivity index (χ1v) is 10.1. The minimum absolute atomic E-state index is 0.119. The van der Waals surface area contributed by atoms with Crippen LogP contribution in [0, 0.1) is 0 Å². The van der Waals surface area contributed by atoms with Crippen LogP contribution in [-0.2, 0) is 20.4 Å². The number of aromatic nitrogens is 2. The third-order valence-corrected chi connectivity index (χ3v) is 5.55. The molecule has 4 rings (SSSR count). The molecule has 10 heteroatoms. The summed E-state index contributed by atoms with van der Waals surface area (Å²) in [6.45, 7) is 3.27. The molecule has 0 bridgehead atoms. The second-order valence-electron chi connectivity index (χ2n) is 7.67. The van der Waals surface area contributed by atoms with E-state index in [1.807, 2.05) is 4.90 Å². The van der Waals surface area contributed by atoms with Gasteiger partial charge >= 0.3 is 6.18 Å². The summed E-state index contributed by atoms with van der Waals surface area (Å²) in [6, 6.07) is 6.38. The van der Waals surface area contributed by atoms with Gasteiger partial charge in [0, 0.05) is 25.7 Å². The number of likely N-dealkylation sites (tertiary alicyclic amines) is 1. The Morgan fingerprint density at radius 2 is 1.97 bits per heavy atom. The second kappa shape index (κ2) is 8.91. The smallest absolute Gasteiger partial charge is 0.376 e. The van der Waals surface area contributed by atoms with Gasteiger partial charge in [-0.15, -0.1) is 0 Å². The van der Waals surface area contributed by atoms with Gasteiger partial charge in [0.1, 0.15) is 0 Å². The maximum atomic E-state index is 13.6. The van der Waals surface area contributed by atoms with Gasteiger partial charge in [-0.25, -0.2) is 4.98 Å². The normalized spacial score (nSPS) is 21.8. The molecule has 0 saturated carbocycles. The number of halogens is 3. The number of hydrogen-bond donors (Lipinski definition) is 1. The number of carbonyl (C=O) groups is 1. The maximum absolute atomic E-state index is 13.6. The predicted octanol–water partition coefficient (Wildman–Crippen LogP) is 2.22. The zero-order valence-corrected chi connectivity index (χ0v) is 16.5. The molecular formula is C20H25F3N4O3. The van der Waals surface area contributed by atoms with E-state index in [9.17, 15) is 18.0 Å². The summed E-state index contributed by atoms with van der Waals surface area (Å²) in [7, 11) is 0. The van der Waals surface area contributed by atoms with Crippen molar-refractivity contribution in [3.05, 3.63) is 30.1 Å². The number of ether oxygens (including phenoxy) is 2. The lowest BCUT2D eigenvalue weighted by Crippen LogP contribution is -2.45. The van der Waals surface area contributed by atoms with E-state index in [1.54, 1.807) is 24.3 Å². The molecule has 2 saturated heterocycles. The number of amides is 1. The quantitative estimate of drug-likeness (QED) is 0.794. The highest BCUT2D eigenvalue weighted by Crippen LogP contribution is 2.36. The van der Waals surface area contributed by atoms with Crippen LogP contribution < -0.4 is 5.32 Å². The minimum atomic E-state index is -4.51. The van der Waals surface area contributed by atoms with Gasteiger partial charge < -0.3 is 19.4 Å². The molecule has 0 radical (unpaired) electrons. The molecule has 1 aromatic carbocycles. The number of imidazole rings is 1. The first kappa shape index (κ1) is 21.1. The van der Waals surface area contributed by atoms with Crippen molar-refractivity contribution in [3.63, 3.8) is 0 Å². The van der Waals surface area contributed by atoms with Crippen LogP contribution in [0.3, 0.4) is 0 Å². The molecule has 1 amide bonds. The van der Waals surface area contributed by atoms with Crippen molar-refractivity contribution < 1.29 is 27.4 Å². The Hall–Kier alpha value is -2.17. The molecule has 0 aliphatic carbocycles. The van der Waals surface area contributed by atoms with E-state index < -0.39 is 12.0 Å². The molecule has 1 unspecified atom stereocenters. The Bertz CT molecular complexity index is 872. The van der Waals surface area contributed by atoms with Gasteiger partial charge in [0.15, 0.2) is 0 Å². The van der Waals surface area contributed by atoms with Crippen molar-refractivity contribution >= 4 is 16.9 Å². The van der Waals surface area contributed by atoms with Crippen LogP contribution in [-0.4, -0.2) is 72.5 Å². The summed E-state index contributed by atoms with van der Waals surface area (Å²) in [5.74, 6) is -0.971. The summed E-state index contributed by atoms with van der Waals surface area (Å²) in [6.07, 6.45) is -3.60. The maximum Gasteiger partial charge on any atom is 0.449 e. The van der Waals surface area contributed by atoms with Crippen LogP contribution in [0.25, 0.3) is 11.0 Å². The summed E-state index contributed by atoms with van der Waals surface area (Å²) in [5, 5.41) is 2.84. The molecule has 3 heterocycles. The van der Waals surface area contributed by atoms with Crippen molar-refractivity contribution in [2.75, 3.05) is 46.0 Å². The van der Waals surface area contributed by atoms with Gasteiger partial charge in [-0.3, -0.25) is 9.69 Å². The van der Waals surface area contributed by atoms with Crippen molar-refractivity contribution in [3.8, 4) is 0 Å². The molecular weight excluding hydrogens is 401 g/mol. The number of rotatable bonds is 5. The Morgan fingerprint density at radius 3 is 2.67 bits per heavy atom. The van der Waals surface area contributed by atoms with Crippen molar-refractivity contribution in [1.29, 1.82) is 0 Å². The zero-order chi connectivity index (χ0) is 21.1. The lowest BCUT2D eigenvalue weighted by Gasteiger charge is -2.33. The van der Waals surface area contributed by atoms with E-state index in [1.165, 1.54) is 4.57 Å². The Labute approximate surface area is 172 Å². The van der Waals surface area contributed by atoms with Gasteiger partial charge in [-0.1, -0.05) is 12.1 Å². The predicted molar refractivity (Wildman–Crippen MR) is 103 cm³/mol. The van der Waals surface area contributed by atoms with E-state index in [-0.39, 0.29) is 24.6 Å². The fraction of sp³-hybridized carbons (Fsp3) is 0.600. The minimum Gasteiger partial charge on any atom is -0.376 e. The Kier molecular flexibility index (Phi) is 6.26. The highest BCUT2D eigenvalue weighted by atomic mass is 19.4. The van der Waals surface area contributed by atoms with Crippen LogP contribution in [0.15, 0.2) is 24.3 Å². The first-order chi connectivity index (χ1) is 14.4. The molecule has 1 atom stereocenters. The molecule has 164 valence electrons. The average Bonchev–Trinajstić information content (AvgIpc) is 3.14. The molecule has 7 nitrogen and oxygen atoms in total. The van der Waals surface area contributed by atoms with E-state index >= 15 is 0 Å². The van der Waals surface area contributed by atoms with Crippen molar-refractivity contribution in [2.24, 2.45) is 0 Å². The summed E-state index contributed by atoms with van der Waals surface area (Å²) in [5.41, 5.74) is 0.844. The largest absolute Gasteiger partial charge is 0.449 e. The summed E-state index contributed by atoms with van der Waals surface area (Å²) < 4.78 is 52.8. The second-order valence-corrected chi connectivity index (χ2v) is 7.67. The van der Waals surface area contributed by atoms with Gasteiger partial charge in [0.25, 0.3) is 0 Å². The molecule has 1 aromatic heterocycles. The molecule has 2 aliphatic rings. The Balaban J connectivity index is 1.35. The number of fused-ring (bicyclic) bond motifs is 1. The third-order valence-electron chi connectivity index (χ3n) is 5.55. The number of benzene rings is 1. The van der Waals surface area contributed by atoms with E-state index in [0.717, 1.165) is 0 Å². The summed E-state index contributed by atoms with van der Waals surface area (Å²) >= 11 is 0. The number of nitrogens with one attached hydrogen (secondary N) is 1. The van der Waals surface area contributed by atoms with Crippen LogP contribution in [0.4, 0.5) is 13.2 Å². The summed E-state index contributed by atoms with van der Waals surface area (Å²) in [4.78, 5) is 18.0. The number of carbonyl (C=O) groups excluding carboxylic acids is 1. The zero-order valence-electron chi connectivity index (χ0n) is 16.5. The Morgan fingerprint density at radius 1 is 1.20 bits per heavy atom. The van der Waals surface area contributed by atoms with E-state index in [4.69, 9.17) is 9.47 Å². The van der Waals surface area contributed by atoms with Crippen LogP contribution >= 0.6 is 0 Å². The third kappa shape index (κ3) is 4.76. The highest BCUT2D eigenvalue weighted by molar-refractivity contribution is 5.78. The fourth-order valence-electron chi connectivity index (χ4n) is 4.09. The number of nitrogens with zero attached hydrogens (tertiary/aromatic N) is 3. The first-order valence-electron chi connectivity index (χ1n) is 10.1. The average molecular weight is 426 g/mol. The van der Waals surface area contributed by atoms with E-state index in [0.29, 0.717) is 63.3 Å². The molecule has 0 spiro atoms. The number of piperidine rings is 1. The molecule has 1 N–H and O–H groups in total. The fourth-order valence-corrected chi connectivity index (χ4v) is 4.09. The van der Waals surface area contributed by atoms with Gasteiger partial charge in [-0.05, 0) is 25.0 Å². The van der Waals surface area contributed by atoms with Crippen LogP contribution in [0.5, 0.6) is 0 Å². The van der Waals surface area contributed by atoms with Crippen LogP contribution in [0.2, 0.25) is 0 Å². The molecule has 2 fully saturated rings. The van der Waals surface area contributed by atoms with Crippen molar-refractivity contribution in [2.45, 2.75) is 31.2 Å². The van der Waals surface area contributed by atoms with Gasteiger partial charge in [0.2, 0.25) is 11.7 Å². The standard InChI is InChI=1S/C20H25F3N4O3/c21-20(22,23)19-25-16-3-1-2-4-17(16)27(19)14-5-7-26(8-6-14)12-18(28)24-11-15-13-29-9-10-30-15/h1-4,14-15H,5-13H2,(H,24,28). The molecule has 2 aliphatic heterocycles. The number of hydrogen-bond acceptors (Lipinski definition) is 5. The lowest BCUT2D eigenvalue weighted by molar-refractivity contribution is -0.147. The van der Waals surface area contributed by atoms with Crippen LogP contribution in [0.1, 0.15) is 24.7 Å². The van der Waals surface area contributed by atoms with Crippen molar-refractivity contribution in [1.82, 2.24) is 19.8 Å². The molecule has 30 heavy (non-hydrogen) atoms. The monoisotopic (exact) mass is 426 g/mol. The molecule has 2 aromatic rings. The topological polar surface area (TPSA) is 68.6 Å². The number of alkyl halides is 3. The van der Waals surface area contributed by atoms with Gasteiger partial charge in [-0.2, -0.15) is 13.2 Å². The van der Waals surface area contributed by atoms with E-state index in [2.05, 4.69) is 10.3 Å². The number of para-hydroxylation sites is 2. The SMILES string of the molecule is O=C(CN1CCC(n2c(C(F)(F)F)nc3ccccc32)CC1)NCC1COCCO1. The lowest BCUT2D eigenvalue weighted by atomic mass is 10.0. The highest BCUT2D eigenvalue weighted by Gasteiger charge is 2.39.